The van der Waals surface area contributed by atoms with E-state index in [9.17, 15) is 4.79 Å². The average Bonchev–Trinajstić information content (AvgIpc) is 3.57. The van der Waals surface area contributed by atoms with Crippen LogP contribution in [-0.4, -0.2) is 21.1 Å². The van der Waals surface area contributed by atoms with Gasteiger partial charge in [-0.25, -0.2) is 0 Å². The van der Waals surface area contributed by atoms with E-state index in [1.165, 1.54) is 0 Å². The Bertz CT molecular complexity index is 1750. The third-order valence-electron chi connectivity index (χ3n) is 6.43. The summed E-state index contributed by atoms with van der Waals surface area (Å²) < 4.78 is 6.15. The number of H-pyrrole nitrogens is 2. The largest absolute Gasteiger partial charge is 0.458 e. The number of ether oxygens (including phenoxy) is 1. The fourth-order valence-electron chi connectivity index (χ4n) is 4.32. The quantitative estimate of drug-likeness (QED) is 0.125. The zero-order chi connectivity index (χ0) is 27.7. The number of nitrogens with one attached hydrogen (secondary N) is 3. The Morgan fingerprint density at radius 2 is 2.00 bits per heavy atom. The van der Waals surface area contributed by atoms with Gasteiger partial charge in [-0.05, 0) is 74.1 Å². The highest BCUT2D eigenvalue weighted by Crippen LogP contribution is 2.24. The van der Waals surface area contributed by atoms with Crippen molar-refractivity contribution >= 4 is 34.6 Å². The third kappa shape index (κ3) is 6.40. The molecule has 0 spiro atoms. The van der Waals surface area contributed by atoms with Crippen LogP contribution < -0.4 is 10.1 Å². The molecule has 1 amide bonds. The molecule has 0 bridgehead atoms. The Morgan fingerprint density at radius 1 is 1.10 bits per heavy atom. The molecule has 2 heterocycles. The smallest absolute Gasteiger partial charge is 0.256 e. The van der Waals surface area contributed by atoms with Crippen molar-refractivity contribution in [2.45, 2.75) is 26.7 Å². The van der Waals surface area contributed by atoms with Crippen molar-refractivity contribution in [2.75, 3.05) is 5.32 Å². The normalized spacial score (nSPS) is 15.8. The number of aryl methyl sites for hydroxylation is 1. The Balaban J connectivity index is 1.28. The molecular formula is C34H30N4O2. The van der Waals surface area contributed by atoms with Gasteiger partial charge in [-0.3, -0.25) is 9.89 Å². The zero-order valence-electron chi connectivity index (χ0n) is 22.5. The van der Waals surface area contributed by atoms with E-state index in [1.54, 1.807) is 0 Å². The van der Waals surface area contributed by atoms with Crippen molar-refractivity contribution in [3.05, 3.63) is 125 Å². The van der Waals surface area contributed by atoms with Gasteiger partial charge in [0.1, 0.15) is 11.5 Å². The second kappa shape index (κ2) is 12.5. The minimum Gasteiger partial charge on any atom is -0.458 e. The molecule has 1 aliphatic carbocycles. The number of aromatic amines is 2. The van der Waals surface area contributed by atoms with Crippen molar-refractivity contribution in [3.8, 4) is 17.6 Å². The van der Waals surface area contributed by atoms with Crippen molar-refractivity contribution in [3.63, 3.8) is 0 Å². The second-order valence-electron chi connectivity index (χ2n) is 9.24. The van der Waals surface area contributed by atoms with Gasteiger partial charge in [0.2, 0.25) is 0 Å². The van der Waals surface area contributed by atoms with Crippen molar-refractivity contribution in [1.29, 1.82) is 0 Å². The minimum absolute atomic E-state index is 0.178. The molecule has 2 aromatic carbocycles. The van der Waals surface area contributed by atoms with E-state index in [-0.39, 0.29) is 5.91 Å². The highest BCUT2D eigenvalue weighted by atomic mass is 16.5. The lowest BCUT2D eigenvalue weighted by Gasteiger charge is -2.10. The van der Waals surface area contributed by atoms with Crippen LogP contribution in [0.4, 0.5) is 5.69 Å². The van der Waals surface area contributed by atoms with Gasteiger partial charge >= 0.3 is 0 Å². The van der Waals surface area contributed by atoms with Crippen molar-refractivity contribution in [2.24, 2.45) is 0 Å². The molecule has 0 saturated carbocycles. The summed E-state index contributed by atoms with van der Waals surface area (Å²) >= 11 is 0. The predicted octanol–water partition coefficient (Wildman–Crippen LogP) is 7.74. The summed E-state index contributed by atoms with van der Waals surface area (Å²) in [4.78, 5) is 16.1. The average molecular weight is 527 g/mol. The number of fused-ring (bicyclic) bond motifs is 1. The Morgan fingerprint density at radius 3 is 2.90 bits per heavy atom. The van der Waals surface area contributed by atoms with Gasteiger partial charge in [-0.15, -0.1) is 0 Å². The van der Waals surface area contributed by atoms with Crippen LogP contribution in [0.25, 0.3) is 23.1 Å². The highest BCUT2D eigenvalue weighted by molar-refractivity contribution is 6.12. The monoisotopic (exact) mass is 526 g/mol. The molecule has 0 atom stereocenters. The third-order valence-corrected chi connectivity index (χ3v) is 6.43. The molecule has 3 N–H and O–H groups in total. The maximum atomic E-state index is 13.0. The summed E-state index contributed by atoms with van der Waals surface area (Å²) in [6.45, 7) is 3.91. The highest BCUT2D eigenvalue weighted by Gasteiger charge is 2.11. The number of carbonyl (C=O) groups is 1. The first-order valence-electron chi connectivity index (χ1n) is 13.1. The van der Waals surface area contributed by atoms with Gasteiger partial charge in [0, 0.05) is 58.5 Å². The predicted molar refractivity (Wildman–Crippen MR) is 163 cm³/mol. The number of anilines is 1. The van der Waals surface area contributed by atoms with Gasteiger partial charge < -0.3 is 15.0 Å². The molecule has 0 saturated heterocycles. The SMILES string of the molecule is C/C=C(\C=C/c1c(/C=C/C2=C/C=C\CC#CC2)n[nH]c1C)Oc1cccc(NC(=O)c2cccc3[nH]ccc23)c1. The van der Waals surface area contributed by atoms with Crippen LogP contribution in [0.3, 0.4) is 0 Å². The molecule has 2 aromatic heterocycles. The number of benzene rings is 2. The van der Waals surface area contributed by atoms with E-state index in [0.717, 1.165) is 39.8 Å². The summed E-state index contributed by atoms with van der Waals surface area (Å²) in [5, 5.41) is 11.4. The van der Waals surface area contributed by atoms with Crippen LogP contribution in [0.1, 0.15) is 47.1 Å². The molecule has 0 unspecified atom stereocenters. The summed E-state index contributed by atoms with van der Waals surface area (Å²) in [5.74, 6) is 7.41. The Hall–Kier alpha value is -5.28. The number of nitrogens with zero attached hydrogens (tertiary/aromatic N) is 1. The minimum atomic E-state index is -0.178. The standard InChI is InChI=1S/C34H30N4O2/c1-3-27(18-19-29-24(2)37-38-33(29)20-17-25-11-7-5-4-6-8-12-25)40-28-14-9-13-26(23-28)36-34(39)31-15-10-16-32-30(31)21-22-35-32/h3,5,7,9-11,13-23,35H,4,12H2,1-2H3,(H,36,39)(H,37,38)/b7-5-,19-18-,20-17+,25-11+,27-3+. The van der Waals surface area contributed by atoms with Gasteiger partial charge in [0.15, 0.2) is 0 Å². The number of hydrogen-bond donors (Lipinski definition) is 3. The molecular weight excluding hydrogens is 496 g/mol. The first-order valence-corrected chi connectivity index (χ1v) is 13.1. The van der Waals surface area contributed by atoms with E-state index in [0.29, 0.717) is 29.2 Å². The summed E-state index contributed by atoms with van der Waals surface area (Å²) in [7, 11) is 0. The van der Waals surface area contributed by atoms with Crippen molar-refractivity contribution in [1.82, 2.24) is 15.2 Å². The topological polar surface area (TPSA) is 82.8 Å². The van der Waals surface area contributed by atoms with Crippen LogP contribution in [0.15, 0.2) is 103 Å². The number of hydrogen-bond acceptors (Lipinski definition) is 3. The van der Waals surface area contributed by atoms with Gasteiger partial charge in [-0.2, -0.15) is 5.10 Å². The molecule has 6 heteroatoms. The zero-order valence-corrected chi connectivity index (χ0v) is 22.5. The molecule has 0 aliphatic heterocycles. The lowest BCUT2D eigenvalue weighted by atomic mass is 10.1. The van der Waals surface area contributed by atoms with E-state index in [4.69, 9.17) is 4.74 Å². The molecule has 0 fully saturated rings. The Labute approximate surface area is 233 Å². The maximum Gasteiger partial charge on any atom is 0.256 e. The summed E-state index contributed by atoms with van der Waals surface area (Å²) in [6, 6.07) is 14.9. The summed E-state index contributed by atoms with van der Waals surface area (Å²) in [6.07, 6.45) is 19.4. The molecule has 198 valence electrons. The number of amides is 1. The van der Waals surface area contributed by atoms with Crippen LogP contribution in [-0.2, 0) is 0 Å². The van der Waals surface area contributed by atoms with Crippen LogP contribution in [0.2, 0.25) is 0 Å². The number of carbonyl (C=O) groups excluding carboxylic acids is 1. The van der Waals surface area contributed by atoms with Crippen LogP contribution in [0, 0.1) is 18.8 Å². The maximum absolute atomic E-state index is 13.0. The van der Waals surface area contributed by atoms with Crippen LogP contribution >= 0.6 is 0 Å². The van der Waals surface area contributed by atoms with E-state index < -0.39 is 0 Å². The van der Waals surface area contributed by atoms with E-state index >= 15 is 0 Å². The van der Waals surface area contributed by atoms with Gasteiger partial charge in [0.25, 0.3) is 5.91 Å². The molecule has 1 aliphatic rings. The fourth-order valence-corrected chi connectivity index (χ4v) is 4.32. The molecule has 6 nitrogen and oxygen atoms in total. The lowest BCUT2D eigenvalue weighted by Crippen LogP contribution is -2.12. The number of aromatic nitrogens is 3. The first-order chi connectivity index (χ1) is 19.6. The van der Waals surface area contributed by atoms with E-state index in [2.05, 4.69) is 50.6 Å². The Kier molecular flexibility index (Phi) is 8.24. The van der Waals surface area contributed by atoms with Gasteiger partial charge in [0.05, 0.1) is 5.69 Å². The molecule has 0 radical (unpaired) electrons. The lowest BCUT2D eigenvalue weighted by molar-refractivity contribution is 0.102. The fraction of sp³-hybridized carbons (Fsp3) is 0.118. The molecule has 4 aromatic rings. The number of allylic oxidation sites excluding steroid dienone is 7. The molecule has 5 rings (SSSR count). The second-order valence-corrected chi connectivity index (χ2v) is 9.24. The number of rotatable bonds is 8. The summed E-state index contributed by atoms with van der Waals surface area (Å²) in [5.41, 5.74) is 6.09. The van der Waals surface area contributed by atoms with Crippen molar-refractivity contribution < 1.29 is 9.53 Å². The molecule has 40 heavy (non-hydrogen) atoms. The van der Waals surface area contributed by atoms with Gasteiger partial charge in [-0.1, -0.05) is 48.3 Å². The van der Waals surface area contributed by atoms with E-state index in [1.807, 2.05) is 99.0 Å². The van der Waals surface area contributed by atoms with Crippen LogP contribution in [0.5, 0.6) is 5.75 Å². The first kappa shape index (κ1) is 26.3.